The zero-order valence-corrected chi connectivity index (χ0v) is 11.1. The zero-order valence-electron chi connectivity index (χ0n) is 11.1. The molecule has 5 atom stereocenters. The van der Waals surface area contributed by atoms with Gasteiger partial charge in [-0.15, -0.1) is 0 Å². The average molecular weight is 238 g/mol. The Morgan fingerprint density at radius 3 is 2.71 bits per heavy atom. The van der Waals surface area contributed by atoms with Crippen molar-refractivity contribution in [3.8, 4) is 0 Å². The molecule has 2 saturated carbocycles. The summed E-state index contributed by atoms with van der Waals surface area (Å²) in [7, 11) is 0. The first-order valence-corrected chi connectivity index (χ1v) is 7.62. The number of hydrogen-bond acceptors (Lipinski definition) is 2. The third kappa shape index (κ3) is 3.03. The Labute approximate surface area is 105 Å². The van der Waals surface area contributed by atoms with Gasteiger partial charge in [-0.2, -0.15) is 0 Å². The summed E-state index contributed by atoms with van der Waals surface area (Å²) in [5.74, 6) is 1.88. The second kappa shape index (κ2) is 5.27. The predicted molar refractivity (Wildman–Crippen MR) is 68.0 cm³/mol. The fourth-order valence-corrected chi connectivity index (χ4v) is 4.02. The molecule has 0 aromatic rings. The van der Waals surface area contributed by atoms with Gasteiger partial charge in [0.05, 0.1) is 18.3 Å². The fourth-order valence-electron chi connectivity index (χ4n) is 4.02. The average Bonchev–Trinajstić information content (AvgIpc) is 3.08. The van der Waals surface area contributed by atoms with E-state index < -0.39 is 0 Å². The minimum atomic E-state index is 0.562. The van der Waals surface area contributed by atoms with Crippen LogP contribution in [0.25, 0.3) is 0 Å². The van der Waals surface area contributed by atoms with Gasteiger partial charge in [0.1, 0.15) is 0 Å². The lowest BCUT2D eigenvalue weighted by Crippen LogP contribution is -2.25. The molecule has 98 valence electrons. The van der Waals surface area contributed by atoms with Gasteiger partial charge in [0.2, 0.25) is 0 Å². The zero-order chi connectivity index (χ0) is 11.7. The normalized spacial score (nSPS) is 45.4. The Balaban J connectivity index is 1.44. The van der Waals surface area contributed by atoms with E-state index in [1.54, 1.807) is 0 Å². The van der Waals surface area contributed by atoms with Crippen LogP contribution in [-0.2, 0) is 9.47 Å². The van der Waals surface area contributed by atoms with E-state index in [1.165, 1.54) is 51.4 Å². The number of rotatable bonds is 4. The second-order valence-corrected chi connectivity index (χ2v) is 6.24. The molecule has 1 saturated heterocycles. The van der Waals surface area contributed by atoms with E-state index in [4.69, 9.17) is 9.47 Å². The molecular weight excluding hydrogens is 212 g/mol. The molecule has 5 unspecified atom stereocenters. The molecule has 0 radical (unpaired) electrons. The Morgan fingerprint density at radius 2 is 1.88 bits per heavy atom. The maximum Gasteiger partial charge on any atom is 0.0844 e. The van der Waals surface area contributed by atoms with Crippen molar-refractivity contribution in [1.29, 1.82) is 0 Å². The molecule has 2 heteroatoms. The highest BCUT2D eigenvalue weighted by molar-refractivity contribution is 4.92. The van der Waals surface area contributed by atoms with Crippen LogP contribution in [0.3, 0.4) is 0 Å². The summed E-state index contributed by atoms with van der Waals surface area (Å²) in [6.45, 7) is 3.01. The van der Waals surface area contributed by atoms with Crippen LogP contribution in [0.1, 0.15) is 58.3 Å². The Morgan fingerprint density at radius 1 is 1.00 bits per heavy atom. The number of epoxide rings is 1. The minimum absolute atomic E-state index is 0.562. The summed E-state index contributed by atoms with van der Waals surface area (Å²) < 4.78 is 11.4. The standard InChI is InChI=1S/C15H26O2/c1-2-16-13-5-3-4-11(9-13)8-12-6-7-14-15(10-12)17-14/h11-15H,2-10H2,1H3. The summed E-state index contributed by atoms with van der Waals surface area (Å²) in [6, 6.07) is 0. The Kier molecular flexibility index (Phi) is 3.72. The van der Waals surface area contributed by atoms with Crippen molar-refractivity contribution in [2.75, 3.05) is 6.61 Å². The molecule has 0 aromatic carbocycles. The second-order valence-electron chi connectivity index (χ2n) is 6.24. The van der Waals surface area contributed by atoms with Crippen LogP contribution in [0, 0.1) is 11.8 Å². The third-order valence-electron chi connectivity index (χ3n) is 4.92. The van der Waals surface area contributed by atoms with E-state index in [9.17, 15) is 0 Å². The summed E-state index contributed by atoms with van der Waals surface area (Å²) in [4.78, 5) is 0. The van der Waals surface area contributed by atoms with E-state index >= 15 is 0 Å². The molecule has 0 N–H and O–H groups in total. The van der Waals surface area contributed by atoms with Crippen molar-refractivity contribution in [2.45, 2.75) is 76.6 Å². The molecule has 3 aliphatic rings. The van der Waals surface area contributed by atoms with Gasteiger partial charge in [-0.3, -0.25) is 0 Å². The van der Waals surface area contributed by atoms with E-state index in [2.05, 4.69) is 6.92 Å². The van der Waals surface area contributed by atoms with E-state index in [-0.39, 0.29) is 0 Å². The summed E-state index contributed by atoms with van der Waals surface area (Å²) >= 11 is 0. The molecule has 0 bridgehead atoms. The first-order valence-electron chi connectivity index (χ1n) is 7.62. The number of ether oxygens (including phenoxy) is 2. The van der Waals surface area contributed by atoms with Gasteiger partial charge in [-0.05, 0) is 57.3 Å². The first kappa shape index (κ1) is 12.0. The molecule has 1 heterocycles. The van der Waals surface area contributed by atoms with Crippen molar-refractivity contribution < 1.29 is 9.47 Å². The molecule has 17 heavy (non-hydrogen) atoms. The summed E-state index contributed by atoms with van der Waals surface area (Å²) in [5.41, 5.74) is 0. The minimum Gasteiger partial charge on any atom is -0.378 e. The lowest BCUT2D eigenvalue weighted by Gasteiger charge is -2.32. The highest BCUT2D eigenvalue weighted by Gasteiger charge is 2.44. The van der Waals surface area contributed by atoms with Crippen molar-refractivity contribution in [3.63, 3.8) is 0 Å². The largest absolute Gasteiger partial charge is 0.378 e. The molecule has 3 fully saturated rings. The lowest BCUT2D eigenvalue weighted by molar-refractivity contribution is 0.0157. The van der Waals surface area contributed by atoms with Gasteiger partial charge in [-0.25, -0.2) is 0 Å². The Bertz CT molecular complexity index is 251. The van der Waals surface area contributed by atoms with Crippen LogP contribution in [0.2, 0.25) is 0 Å². The molecule has 0 aromatic heterocycles. The van der Waals surface area contributed by atoms with Gasteiger partial charge in [0.15, 0.2) is 0 Å². The number of hydrogen-bond donors (Lipinski definition) is 0. The highest BCUT2D eigenvalue weighted by atomic mass is 16.6. The van der Waals surface area contributed by atoms with Gasteiger partial charge in [-0.1, -0.05) is 12.8 Å². The van der Waals surface area contributed by atoms with Crippen LogP contribution in [-0.4, -0.2) is 24.9 Å². The lowest BCUT2D eigenvalue weighted by atomic mass is 9.77. The topological polar surface area (TPSA) is 21.8 Å². The number of fused-ring (bicyclic) bond motifs is 1. The van der Waals surface area contributed by atoms with E-state index in [1.807, 2.05) is 0 Å². The van der Waals surface area contributed by atoms with Crippen LogP contribution in [0.4, 0.5) is 0 Å². The molecule has 0 amide bonds. The predicted octanol–water partition coefficient (Wildman–Crippen LogP) is 3.54. The van der Waals surface area contributed by atoms with Crippen LogP contribution in [0.15, 0.2) is 0 Å². The molecule has 3 rings (SSSR count). The van der Waals surface area contributed by atoms with Gasteiger partial charge < -0.3 is 9.47 Å². The molecular formula is C15H26O2. The fraction of sp³-hybridized carbons (Fsp3) is 1.00. The van der Waals surface area contributed by atoms with Gasteiger partial charge in [0.25, 0.3) is 0 Å². The first-order chi connectivity index (χ1) is 8.35. The summed E-state index contributed by atoms with van der Waals surface area (Å²) in [5, 5.41) is 0. The highest BCUT2D eigenvalue weighted by Crippen LogP contribution is 2.43. The van der Waals surface area contributed by atoms with Crippen molar-refractivity contribution in [3.05, 3.63) is 0 Å². The van der Waals surface area contributed by atoms with Crippen LogP contribution >= 0.6 is 0 Å². The quantitative estimate of drug-likeness (QED) is 0.699. The van der Waals surface area contributed by atoms with Crippen molar-refractivity contribution in [2.24, 2.45) is 11.8 Å². The summed E-state index contributed by atoms with van der Waals surface area (Å²) in [6.07, 6.45) is 12.8. The monoisotopic (exact) mass is 238 g/mol. The molecule has 2 nitrogen and oxygen atoms in total. The SMILES string of the molecule is CCOC1CCCC(CC2CCC3OC3C2)C1. The van der Waals surface area contributed by atoms with Crippen molar-refractivity contribution >= 4 is 0 Å². The molecule has 2 aliphatic carbocycles. The maximum atomic E-state index is 5.81. The van der Waals surface area contributed by atoms with Crippen LogP contribution < -0.4 is 0 Å². The maximum absolute atomic E-state index is 5.81. The van der Waals surface area contributed by atoms with E-state index in [0.29, 0.717) is 18.3 Å². The van der Waals surface area contributed by atoms with Gasteiger partial charge in [0, 0.05) is 6.61 Å². The molecule has 1 aliphatic heterocycles. The third-order valence-corrected chi connectivity index (χ3v) is 4.92. The van der Waals surface area contributed by atoms with Crippen molar-refractivity contribution in [1.82, 2.24) is 0 Å². The smallest absolute Gasteiger partial charge is 0.0844 e. The van der Waals surface area contributed by atoms with Gasteiger partial charge >= 0.3 is 0 Å². The molecule has 0 spiro atoms. The van der Waals surface area contributed by atoms with E-state index in [0.717, 1.165) is 18.4 Å². The van der Waals surface area contributed by atoms with Crippen LogP contribution in [0.5, 0.6) is 0 Å². The Hall–Kier alpha value is -0.0800.